The van der Waals surface area contributed by atoms with E-state index in [1.165, 1.54) is 11.5 Å². The first-order valence-corrected chi connectivity index (χ1v) is 6.49. The molecule has 1 saturated heterocycles. The highest BCUT2D eigenvalue weighted by atomic mass is 32.1. The summed E-state index contributed by atoms with van der Waals surface area (Å²) >= 11 is 1.25. The van der Waals surface area contributed by atoms with E-state index in [1.54, 1.807) is 0 Å². The predicted molar refractivity (Wildman–Crippen MR) is 67.9 cm³/mol. The average molecular weight is 252 g/mol. The molecule has 1 aliphatic rings. The van der Waals surface area contributed by atoms with Gasteiger partial charge in [-0.05, 0) is 37.2 Å². The second-order valence-corrected chi connectivity index (χ2v) is 5.04. The van der Waals surface area contributed by atoms with Crippen molar-refractivity contribution in [3.8, 4) is 6.07 Å². The second-order valence-electron chi connectivity index (χ2n) is 4.27. The van der Waals surface area contributed by atoms with Crippen molar-refractivity contribution in [3.05, 3.63) is 5.56 Å². The van der Waals surface area contributed by atoms with Crippen molar-refractivity contribution in [2.24, 2.45) is 5.92 Å². The molecule has 0 aliphatic carbocycles. The molecular formula is C11H16N4OS. The summed E-state index contributed by atoms with van der Waals surface area (Å²) < 4.78 is 9.33. The maximum Gasteiger partial charge on any atom is 0.157 e. The van der Waals surface area contributed by atoms with Crippen LogP contribution >= 0.6 is 11.5 Å². The van der Waals surface area contributed by atoms with Gasteiger partial charge in [0.15, 0.2) is 5.82 Å². The maximum absolute atomic E-state index is 8.99. The summed E-state index contributed by atoms with van der Waals surface area (Å²) in [4.78, 5) is 0. The lowest BCUT2D eigenvalue weighted by Crippen LogP contribution is -2.30. The summed E-state index contributed by atoms with van der Waals surface area (Å²) in [5.74, 6) is 0.901. The quantitative estimate of drug-likeness (QED) is 0.857. The fourth-order valence-electron chi connectivity index (χ4n) is 2.05. The normalized spacial score (nSPS) is 18.6. The summed E-state index contributed by atoms with van der Waals surface area (Å²) in [6, 6.07) is 2.40. The molecule has 6 heteroatoms. The number of hydrogen-bond donors (Lipinski definition) is 2. The highest BCUT2D eigenvalue weighted by molar-refractivity contribution is 7.10. The number of nitrogen functional groups attached to an aromatic ring is 1. The largest absolute Gasteiger partial charge is 0.382 e. The second kappa shape index (κ2) is 5.34. The van der Waals surface area contributed by atoms with Gasteiger partial charge in [0.05, 0.1) is 0 Å². The van der Waals surface area contributed by atoms with Gasteiger partial charge in [-0.25, -0.2) is 0 Å². The number of rotatable bonds is 3. The molecule has 1 fully saturated rings. The molecule has 1 atom stereocenters. The van der Waals surface area contributed by atoms with E-state index in [4.69, 9.17) is 15.7 Å². The van der Waals surface area contributed by atoms with Gasteiger partial charge >= 0.3 is 0 Å². The third kappa shape index (κ3) is 2.68. The van der Waals surface area contributed by atoms with Crippen LogP contribution in [0.25, 0.3) is 0 Å². The zero-order valence-corrected chi connectivity index (χ0v) is 10.6. The molecule has 0 saturated carbocycles. The Morgan fingerprint density at radius 3 is 2.94 bits per heavy atom. The van der Waals surface area contributed by atoms with Crippen molar-refractivity contribution in [1.29, 1.82) is 5.26 Å². The number of nitriles is 1. The molecule has 0 radical (unpaired) electrons. The van der Waals surface area contributed by atoms with Gasteiger partial charge in [0.2, 0.25) is 0 Å². The Labute approximate surface area is 105 Å². The van der Waals surface area contributed by atoms with Crippen molar-refractivity contribution in [2.45, 2.75) is 25.8 Å². The van der Waals surface area contributed by atoms with Crippen LogP contribution < -0.4 is 11.1 Å². The molecule has 0 amide bonds. The van der Waals surface area contributed by atoms with Crippen LogP contribution in [0.1, 0.15) is 25.3 Å². The first-order valence-electron chi connectivity index (χ1n) is 5.72. The highest BCUT2D eigenvalue weighted by Crippen LogP contribution is 2.29. The van der Waals surface area contributed by atoms with Gasteiger partial charge in [-0.2, -0.15) is 9.64 Å². The number of hydrogen-bond acceptors (Lipinski definition) is 6. The highest BCUT2D eigenvalue weighted by Gasteiger charge is 2.22. The molecule has 1 aliphatic heterocycles. The molecule has 1 aromatic heterocycles. The third-order valence-electron chi connectivity index (χ3n) is 3.16. The SMILES string of the molecule is CC(Nc1snc(N)c1C#N)C1CCOCC1. The Kier molecular flexibility index (Phi) is 3.82. The van der Waals surface area contributed by atoms with Crippen molar-refractivity contribution >= 4 is 22.4 Å². The monoisotopic (exact) mass is 252 g/mol. The molecule has 92 valence electrons. The first-order chi connectivity index (χ1) is 8.22. The fourth-order valence-corrected chi connectivity index (χ4v) is 2.81. The topological polar surface area (TPSA) is 84.0 Å². The summed E-state index contributed by atoms with van der Waals surface area (Å²) in [5.41, 5.74) is 6.09. The van der Waals surface area contributed by atoms with Crippen LogP contribution in [-0.2, 0) is 4.74 Å². The van der Waals surface area contributed by atoms with Gasteiger partial charge in [0, 0.05) is 19.3 Å². The van der Waals surface area contributed by atoms with Gasteiger partial charge in [-0.1, -0.05) is 0 Å². The number of nitrogens with one attached hydrogen (secondary N) is 1. The number of nitrogens with two attached hydrogens (primary N) is 1. The van der Waals surface area contributed by atoms with Gasteiger partial charge in [0.1, 0.15) is 16.6 Å². The van der Waals surface area contributed by atoms with E-state index in [1.807, 2.05) is 0 Å². The van der Waals surface area contributed by atoms with Crippen LogP contribution in [-0.4, -0.2) is 23.6 Å². The minimum atomic E-state index is 0.311. The lowest BCUT2D eigenvalue weighted by Gasteiger charge is -2.28. The van der Waals surface area contributed by atoms with Gasteiger partial charge < -0.3 is 15.8 Å². The lowest BCUT2D eigenvalue weighted by molar-refractivity contribution is 0.0623. The van der Waals surface area contributed by atoms with E-state index >= 15 is 0 Å². The molecule has 1 aromatic rings. The summed E-state index contributed by atoms with van der Waals surface area (Å²) in [6.45, 7) is 3.78. The van der Waals surface area contributed by atoms with E-state index < -0.39 is 0 Å². The van der Waals surface area contributed by atoms with E-state index in [0.29, 0.717) is 23.3 Å². The predicted octanol–water partition coefficient (Wildman–Crippen LogP) is 1.82. The van der Waals surface area contributed by atoms with Gasteiger partial charge in [0.25, 0.3) is 0 Å². The first kappa shape index (κ1) is 12.1. The van der Waals surface area contributed by atoms with Crippen LogP contribution in [0.2, 0.25) is 0 Å². The van der Waals surface area contributed by atoms with Crippen LogP contribution in [0.15, 0.2) is 0 Å². The lowest BCUT2D eigenvalue weighted by atomic mass is 9.93. The van der Waals surface area contributed by atoms with E-state index in [2.05, 4.69) is 22.7 Å². The van der Waals surface area contributed by atoms with Crippen molar-refractivity contribution in [1.82, 2.24) is 4.37 Å². The fraction of sp³-hybridized carbons (Fsp3) is 0.636. The Morgan fingerprint density at radius 1 is 1.59 bits per heavy atom. The van der Waals surface area contributed by atoms with Crippen molar-refractivity contribution in [2.75, 3.05) is 24.3 Å². The van der Waals surface area contributed by atoms with E-state index in [9.17, 15) is 0 Å². The molecule has 0 spiro atoms. The number of ether oxygens (including phenoxy) is 1. The minimum Gasteiger partial charge on any atom is -0.382 e. The average Bonchev–Trinajstić information content (AvgIpc) is 2.71. The Morgan fingerprint density at radius 2 is 2.29 bits per heavy atom. The third-order valence-corrected chi connectivity index (χ3v) is 3.95. The Hall–Kier alpha value is -1.32. The van der Waals surface area contributed by atoms with Crippen molar-refractivity contribution < 1.29 is 4.74 Å². The minimum absolute atomic E-state index is 0.311. The van der Waals surface area contributed by atoms with Crippen LogP contribution in [0, 0.1) is 17.2 Å². The molecule has 1 unspecified atom stereocenters. The Bertz CT molecular complexity index is 420. The van der Waals surface area contributed by atoms with Crippen molar-refractivity contribution in [3.63, 3.8) is 0 Å². The molecule has 3 N–H and O–H groups in total. The van der Waals surface area contributed by atoms with E-state index in [-0.39, 0.29) is 0 Å². The molecule has 0 bridgehead atoms. The molecule has 5 nitrogen and oxygen atoms in total. The van der Waals surface area contributed by atoms with E-state index in [0.717, 1.165) is 31.1 Å². The number of anilines is 2. The zero-order chi connectivity index (χ0) is 12.3. The van der Waals surface area contributed by atoms with Gasteiger partial charge in [-0.3, -0.25) is 0 Å². The summed E-state index contributed by atoms with van der Waals surface area (Å²) in [6.07, 6.45) is 2.12. The van der Waals surface area contributed by atoms with Crippen LogP contribution in [0.3, 0.4) is 0 Å². The van der Waals surface area contributed by atoms with Crippen LogP contribution in [0.5, 0.6) is 0 Å². The summed E-state index contributed by atoms with van der Waals surface area (Å²) in [5, 5.41) is 13.1. The van der Waals surface area contributed by atoms with Crippen LogP contribution in [0.4, 0.5) is 10.8 Å². The maximum atomic E-state index is 8.99. The molecule has 2 rings (SSSR count). The smallest absolute Gasteiger partial charge is 0.157 e. The Balaban J connectivity index is 2.02. The standard InChI is InChI=1S/C11H16N4OS/c1-7(8-2-4-16-5-3-8)14-11-9(6-12)10(13)15-17-11/h7-8,14H,2-5H2,1H3,(H2,13,15). The number of aromatic nitrogens is 1. The molecule has 17 heavy (non-hydrogen) atoms. The molecular weight excluding hydrogens is 236 g/mol. The van der Waals surface area contributed by atoms with Gasteiger partial charge in [-0.15, -0.1) is 0 Å². The molecule has 2 heterocycles. The summed E-state index contributed by atoms with van der Waals surface area (Å²) in [7, 11) is 0. The molecule has 0 aromatic carbocycles. The zero-order valence-electron chi connectivity index (χ0n) is 9.77. The number of nitrogens with zero attached hydrogens (tertiary/aromatic N) is 2.